The third kappa shape index (κ3) is 5.91. The minimum atomic E-state index is -0.346. The van der Waals surface area contributed by atoms with Crippen LogP contribution in [0.5, 0.6) is 0 Å². The van der Waals surface area contributed by atoms with E-state index in [1.54, 1.807) is 0 Å². The molecule has 0 saturated carbocycles. The molecule has 1 aliphatic heterocycles. The van der Waals surface area contributed by atoms with Gasteiger partial charge in [0.15, 0.2) is 0 Å². The van der Waals surface area contributed by atoms with Gasteiger partial charge in [-0.1, -0.05) is 0 Å². The van der Waals surface area contributed by atoms with Crippen LogP contribution in [0.25, 0.3) is 0 Å². The molecular weight excluding hydrogens is 258 g/mol. The number of hydrogen-bond acceptors (Lipinski definition) is 1. The number of nitrogens with zero attached hydrogens (tertiary/aromatic N) is 1. The Morgan fingerprint density at radius 3 is 1.90 bits per heavy atom. The van der Waals surface area contributed by atoms with E-state index in [-0.39, 0.29) is 15.1 Å². The van der Waals surface area contributed by atoms with Gasteiger partial charge in [0.05, 0.1) is 0 Å². The van der Waals surface area contributed by atoms with Crippen LogP contribution >= 0.6 is 19.4 Å². The van der Waals surface area contributed by atoms with Gasteiger partial charge in [0.25, 0.3) is 0 Å². The Morgan fingerprint density at radius 2 is 1.70 bits per heavy atom. The molecule has 1 fully saturated rings. The summed E-state index contributed by atoms with van der Waals surface area (Å²) in [6.07, 6.45) is 2.77. The fourth-order valence-electron chi connectivity index (χ4n) is 1.01. The first-order valence-electron chi connectivity index (χ1n) is 3.22. The summed E-state index contributed by atoms with van der Waals surface area (Å²) in [6, 6.07) is 0. The molecule has 0 unspecified atom stereocenters. The minimum absolute atomic E-state index is 0.346. The second kappa shape index (κ2) is 8.26. The Hall–Kier alpha value is 1.16. The average molecular weight is 270 g/mol. The van der Waals surface area contributed by atoms with Crippen LogP contribution in [0.4, 0.5) is 0 Å². The van der Waals surface area contributed by atoms with Crippen molar-refractivity contribution in [2.75, 3.05) is 19.6 Å². The van der Waals surface area contributed by atoms with Crippen LogP contribution in [0.15, 0.2) is 0 Å². The second-order valence-electron chi connectivity index (χ2n) is 2.10. The van der Waals surface area contributed by atoms with Gasteiger partial charge < -0.3 is 11.8 Å². The van der Waals surface area contributed by atoms with Gasteiger partial charge in [0.1, 0.15) is 0 Å². The maximum atomic E-state index is 4.85. The number of rotatable bonds is 1. The molecule has 0 aliphatic carbocycles. The van der Waals surface area contributed by atoms with Crippen molar-refractivity contribution in [2.45, 2.75) is 12.8 Å². The standard InChI is InChI=1S/C6H12N.2ClH.Ru/c1-2-7-5-3-4-6-7;;;/h1-6H2;2*1H;/q-1;;;+2/p-2. The second-order valence-corrected chi connectivity index (χ2v) is 4.74. The summed E-state index contributed by atoms with van der Waals surface area (Å²) in [7, 11) is 9.71. The first-order chi connectivity index (χ1) is 4.85. The molecule has 64 valence electrons. The van der Waals surface area contributed by atoms with E-state index >= 15 is 0 Å². The van der Waals surface area contributed by atoms with Crippen LogP contribution in [0.3, 0.4) is 0 Å². The van der Waals surface area contributed by atoms with E-state index in [0.29, 0.717) is 0 Å². The zero-order valence-electron chi connectivity index (χ0n) is 5.80. The quantitative estimate of drug-likeness (QED) is 0.522. The maximum absolute atomic E-state index is 4.85. The van der Waals surface area contributed by atoms with Gasteiger partial charge >= 0.3 is 34.5 Å². The zero-order valence-corrected chi connectivity index (χ0v) is 9.05. The first-order valence-corrected chi connectivity index (χ1v) is 7.69. The number of hydrogen-bond donors (Lipinski definition) is 0. The van der Waals surface area contributed by atoms with Crippen molar-refractivity contribution in [2.24, 2.45) is 0 Å². The van der Waals surface area contributed by atoms with Crippen LogP contribution in [0.1, 0.15) is 12.8 Å². The van der Waals surface area contributed by atoms with E-state index in [0.717, 1.165) is 6.54 Å². The summed E-state index contributed by atoms with van der Waals surface area (Å²) in [4.78, 5) is 2.38. The van der Waals surface area contributed by atoms with E-state index in [4.69, 9.17) is 19.4 Å². The summed E-state index contributed by atoms with van der Waals surface area (Å²) in [5.41, 5.74) is 0. The molecule has 0 aromatic heterocycles. The van der Waals surface area contributed by atoms with Crippen molar-refractivity contribution in [1.29, 1.82) is 0 Å². The molecule has 0 aromatic carbocycles. The Balaban J connectivity index is 0.000000236. The SMILES string of the molecule is [CH2-]CN1CCCC1.[Cl][Ru][Cl]. The molecule has 1 nitrogen and oxygen atoms in total. The van der Waals surface area contributed by atoms with Crippen LogP contribution in [-0.2, 0) is 15.1 Å². The van der Waals surface area contributed by atoms with E-state index in [9.17, 15) is 0 Å². The van der Waals surface area contributed by atoms with Crippen molar-refractivity contribution < 1.29 is 15.1 Å². The molecule has 0 spiro atoms. The first kappa shape index (κ1) is 11.2. The van der Waals surface area contributed by atoms with Crippen molar-refractivity contribution in [3.05, 3.63) is 6.92 Å². The Kier molecular flexibility index (Phi) is 9.22. The average Bonchev–Trinajstić information content (AvgIpc) is 2.39. The molecule has 0 amide bonds. The molecule has 1 saturated heterocycles. The van der Waals surface area contributed by atoms with Crippen LogP contribution in [0, 0.1) is 6.92 Å². The Labute approximate surface area is 78.7 Å². The summed E-state index contributed by atoms with van der Waals surface area (Å²) in [5.74, 6) is 0. The third-order valence-corrected chi connectivity index (χ3v) is 1.51. The number of likely N-dealkylation sites (tertiary alicyclic amines) is 1. The zero-order chi connectivity index (χ0) is 7.82. The van der Waals surface area contributed by atoms with Crippen LogP contribution < -0.4 is 0 Å². The molecule has 1 rings (SSSR count). The molecule has 1 aliphatic rings. The predicted octanol–water partition coefficient (Wildman–Crippen LogP) is 2.29. The Morgan fingerprint density at radius 1 is 1.30 bits per heavy atom. The van der Waals surface area contributed by atoms with Crippen LogP contribution in [0.2, 0.25) is 0 Å². The van der Waals surface area contributed by atoms with E-state index in [1.165, 1.54) is 25.9 Å². The molecule has 1 heterocycles. The summed E-state index contributed by atoms with van der Waals surface area (Å²) < 4.78 is 0. The molecule has 0 radical (unpaired) electrons. The van der Waals surface area contributed by atoms with Gasteiger partial charge in [-0.3, -0.25) is 0 Å². The fourth-order valence-corrected chi connectivity index (χ4v) is 1.01. The molecule has 4 heteroatoms. The summed E-state index contributed by atoms with van der Waals surface area (Å²) in [5, 5.41) is 0. The third-order valence-electron chi connectivity index (χ3n) is 1.51. The van der Waals surface area contributed by atoms with Crippen molar-refractivity contribution in [3.63, 3.8) is 0 Å². The van der Waals surface area contributed by atoms with Gasteiger partial charge in [0, 0.05) is 0 Å². The normalized spacial score (nSPS) is 18.7. The predicted molar refractivity (Wildman–Crippen MR) is 42.7 cm³/mol. The molecule has 0 bridgehead atoms. The van der Waals surface area contributed by atoms with Crippen molar-refractivity contribution >= 4 is 19.4 Å². The molecule has 0 aromatic rings. The van der Waals surface area contributed by atoms with E-state index < -0.39 is 0 Å². The topological polar surface area (TPSA) is 3.24 Å². The van der Waals surface area contributed by atoms with E-state index in [2.05, 4.69) is 11.8 Å². The van der Waals surface area contributed by atoms with Gasteiger partial charge in [-0.15, -0.1) is 6.54 Å². The molecule has 0 atom stereocenters. The van der Waals surface area contributed by atoms with Gasteiger partial charge in [-0.05, 0) is 25.9 Å². The van der Waals surface area contributed by atoms with Gasteiger partial charge in [-0.2, -0.15) is 0 Å². The van der Waals surface area contributed by atoms with E-state index in [1.807, 2.05) is 0 Å². The molecular formula is C6H12Cl2NRu-. The summed E-state index contributed by atoms with van der Waals surface area (Å²) >= 11 is -0.346. The molecule has 0 N–H and O–H groups in total. The number of halogens is 2. The fraction of sp³-hybridized carbons (Fsp3) is 0.833. The van der Waals surface area contributed by atoms with Gasteiger partial charge in [-0.25, -0.2) is 0 Å². The molecule has 10 heavy (non-hydrogen) atoms. The Bertz CT molecular complexity index is 66.8. The monoisotopic (exact) mass is 270 g/mol. The summed E-state index contributed by atoms with van der Waals surface area (Å²) in [6.45, 7) is 7.36. The van der Waals surface area contributed by atoms with Crippen LogP contribution in [-0.4, -0.2) is 24.5 Å². The van der Waals surface area contributed by atoms with Crippen molar-refractivity contribution in [3.8, 4) is 0 Å². The van der Waals surface area contributed by atoms with Gasteiger partial charge in [0.2, 0.25) is 0 Å². The van der Waals surface area contributed by atoms with Crippen molar-refractivity contribution in [1.82, 2.24) is 4.90 Å².